The van der Waals surface area contributed by atoms with E-state index >= 15 is 0 Å². The van der Waals surface area contributed by atoms with Crippen LogP contribution in [-0.4, -0.2) is 28.1 Å². The topological polar surface area (TPSA) is 82.2 Å². The minimum absolute atomic E-state index is 0.0542. The van der Waals surface area contributed by atoms with Crippen LogP contribution in [0, 0.1) is 17.5 Å². The number of aromatic nitrogens is 2. The highest BCUT2D eigenvalue weighted by Crippen LogP contribution is 2.22. The van der Waals surface area contributed by atoms with Crippen LogP contribution in [0.15, 0.2) is 47.5 Å². The van der Waals surface area contributed by atoms with Gasteiger partial charge in [0.1, 0.15) is 17.5 Å². The van der Waals surface area contributed by atoms with E-state index in [0.717, 1.165) is 24.3 Å². The fourth-order valence-corrected chi connectivity index (χ4v) is 2.71. The summed E-state index contributed by atoms with van der Waals surface area (Å²) in [5, 5.41) is 12.0. The highest BCUT2D eigenvalue weighted by molar-refractivity contribution is 6.30. The van der Waals surface area contributed by atoms with Gasteiger partial charge in [0.2, 0.25) is 5.96 Å². The lowest BCUT2D eigenvalue weighted by molar-refractivity contribution is 0.0976. The van der Waals surface area contributed by atoms with Gasteiger partial charge in [0.05, 0.1) is 16.8 Å². The minimum atomic E-state index is -0.722. The molecule has 1 aromatic heterocycles. The summed E-state index contributed by atoms with van der Waals surface area (Å²) < 4.78 is 40.6. The van der Waals surface area contributed by atoms with Gasteiger partial charge in [-0.2, -0.15) is 5.10 Å². The van der Waals surface area contributed by atoms with Crippen molar-refractivity contribution in [2.45, 2.75) is 26.3 Å². The van der Waals surface area contributed by atoms with E-state index in [4.69, 9.17) is 11.6 Å². The third kappa shape index (κ3) is 5.85. The SMILES string of the molecule is CCC(C)N=C(NC(=O)c1ccc(Cl)c(F)c1)Nc1cc(-c2cc(F)cc(F)c2)[nH]n1. The van der Waals surface area contributed by atoms with Gasteiger partial charge in [0.15, 0.2) is 5.82 Å². The van der Waals surface area contributed by atoms with Crippen LogP contribution in [-0.2, 0) is 0 Å². The number of halogens is 4. The Bertz CT molecular complexity index is 1110. The first-order valence-corrected chi connectivity index (χ1v) is 9.76. The van der Waals surface area contributed by atoms with Crippen molar-refractivity contribution in [3.8, 4) is 11.3 Å². The summed E-state index contributed by atoms with van der Waals surface area (Å²) in [5.41, 5.74) is 0.674. The molecule has 0 bridgehead atoms. The molecule has 31 heavy (non-hydrogen) atoms. The molecule has 1 heterocycles. The molecule has 2 aromatic carbocycles. The molecule has 1 amide bonds. The normalized spacial score (nSPS) is 12.5. The molecule has 10 heteroatoms. The average molecular weight is 450 g/mol. The van der Waals surface area contributed by atoms with E-state index in [2.05, 4.69) is 25.8 Å². The van der Waals surface area contributed by atoms with Gasteiger partial charge in [-0.05, 0) is 43.7 Å². The number of nitrogens with zero attached hydrogens (tertiary/aromatic N) is 2. The highest BCUT2D eigenvalue weighted by Gasteiger charge is 2.14. The fraction of sp³-hybridized carbons (Fsp3) is 0.190. The van der Waals surface area contributed by atoms with Crippen LogP contribution in [0.5, 0.6) is 0 Å². The number of amides is 1. The Labute approximate surface area is 181 Å². The molecule has 0 saturated heterocycles. The second kappa shape index (κ2) is 9.65. The number of nitrogens with one attached hydrogen (secondary N) is 3. The molecular weight excluding hydrogens is 431 g/mol. The number of carbonyl (C=O) groups excluding carboxylic acids is 1. The molecule has 0 radical (unpaired) electrons. The summed E-state index contributed by atoms with van der Waals surface area (Å²) in [4.78, 5) is 16.9. The van der Waals surface area contributed by atoms with Crippen LogP contribution < -0.4 is 10.6 Å². The summed E-state index contributed by atoms with van der Waals surface area (Å²) in [5.74, 6) is -2.43. The number of anilines is 1. The molecule has 0 fully saturated rings. The summed E-state index contributed by atoms with van der Waals surface area (Å²) >= 11 is 5.66. The molecule has 3 N–H and O–H groups in total. The first-order valence-electron chi connectivity index (χ1n) is 9.38. The van der Waals surface area contributed by atoms with Crippen molar-refractivity contribution in [1.29, 1.82) is 0 Å². The minimum Gasteiger partial charge on any atom is -0.309 e. The molecular formula is C21H19ClF3N5O. The molecule has 3 rings (SSSR count). The van der Waals surface area contributed by atoms with E-state index in [9.17, 15) is 18.0 Å². The lowest BCUT2D eigenvalue weighted by atomic mass is 10.1. The summed E-state index contributed by atoms with van der Waals surface area (Å²) in [7, 11) is 0. The number of hydrogen-bond donors (Lipinski definition) is 3. The molecule has 1 atom stereocenters. The molecule has 0 aliphatic carbocycles. The lowest BCUT2D eigenvalue weighted by Crippen LogP contribution is -2.37. The number of H-pyrrole nitrogens is 1. The third-order valence-corrected chi connectivity index (χ3v) is 4.66. The Morgan fingerprint density at radius 2 is 1.87 bits per heavy atom. The number of rotatable bonds is 5. The Hall–Kier alpha value is -3.33. The van der Waals surface area contributed by atoms with E-state index < -0.39 is 23.4 Å². The molecule has 1 unspecified atom stereocenters. The van der Waals surface area contributed by atoms with Gasteiger partial charge >= 0.3 is 0 Å². The van der Waals surface area contributed by atoms with Crippen LogP contribution in [0.1, 0.15) is 30.6 Å². The van der Waals surface area contributed by atoms with Crippen molar-refractivity contribution in [2.75, 3.05) is 5.32 Å². The monoisotopic (exact) mass is 449 g/mol. The maximum atomic E-state index is 13.7. The van der Waals surface area contributed by atoms with Crippen LogP contribution >= 0.6 is 11.6 Å². The number of benzene rings is 2. The van der Waals surface area contributed by atoms with Crippen molar-refractivity contribution in [2.24, 2.45) is 4.99 Å². The van der Waals surface area contributed by atoms with Gasteiger partial charge in [-0.3, -0.25) is 15.2 Å². The average Bonchev–Trinajstić information content (AvgIpc) is 3.17. The zero-order valence-corrected chi connectivity index (χ0v) is 17.4. The van der Waals surface area contributed by atoms with Gasteiger partial charge in [-0.25, -0.2) is 18.2 Å². The number of aromatic amines is 1. The van der Waals surface area contributed by atoms with E-state index in [-0.39, 0.29) is 34.0 Å². The number of carbonyl (C=O) groups is 1. The predicted octanol–water partition coefficient (Wildman–Crippen LogP) is 5.14. The van der Waals surface area contributed by atoms with E-state index in [1.54, 1.807) is 0 Å². The van der Waals surface area contributed by atoms with Crippen molar-refractivity contribution in [1.82, 2.24) is 15.5 Å². The fourth-order valence-electron chi connectivity index (χ4n) is 2.59. The molecule has 0 spiro atoms. The van der Waals surface area contributed by atoms with Crippen molar-refractivity contribution < 1.29 is 18.0 Å². The van der Waals surface area contributed by atoms with E-state index in [1.807, 2.05) is 13.8 Å². The Balaban J connectivity index is 1.82. The second-order valence-corrected chi connectivity index (χ2v) is 7.18. The zero-order valence-electron chi connectivity index (χ0n) is 16.6. The van der Waals surface area contributed by atoms with E-state index in [0.29, 0.717) is 12.1 Å². The van der Waals surface area contributed by atoms with Crippen LogP contribution in [0.25, 0.3) is 11.3 Å². The third-order valence-electron chi connectivity index (χ3n) is 4.35. The predicted molar refractivity (Wildman–Crippen MR) is 114 cm³/mol. The maximum Gasteiger partial charge on any atom is 0.258 e. The first kappa shape index (κ1) is 22.4. The van der Waals surface area contributed by atoms with Gasteiger partial charge in [0.25, 0.3) is 5.91 Å². The second-order valence-electron chi connectivity index (χ2n) is 6.77. The number of hydrogen-bond acceptors (Lipinski definition) is 3. The van der Waals surface area contributed by atoms with Gasteiger partial charge in [-0.15, -0.1) is 0 Å². The Morgan fingerprint density at radius 3 is 2.52 bits per heavy atom. The smallest absolute Gasteiger partial charge is 0.258 e. The first-order chi connectivity index (χ1) is 14.7. The van der Waals surface area contributed by atoms with Gasteiger partial charge in [0, 0.05) is 23.3 Å². The lowest BCUT2D eigenvalue weighted by Gasteiger charge is -2.12. The molecule has 0 aliphatic heterocycles. The summed E-state index contributed by atoms with van der Waals surface area (Å²) in [6.45, 7) is 3.77. The van der Waals surface area contributed by atoms with Crippen molar-refractivity contribution in [3.05, 3.63) is 70.5 Å². The maximum absolute atomic E-state index is 13.7. The molecule has 6 nitrogen and oxygen atoms in total. The molecule has 0 aliphatic rings. The zero-order chi connectivity index (χ0) is 22.5. The standard InChI is InChI=1S/C21H19ClF3N5O/c1-3-11(2)26-21(28-20(31)12-4-5-16(22)17(25)8-12)27-19-10-18(29-30-19)13-6-14(23)9-15(24)7-13/h4-11H,3H2,1-2H3,(H3,26,27,28,29,30,31). The highest BCUT2D eigenvalue weighted by atomic mass is 35.5. The van der Waals surface area contributed by atoms with Crippen LogP contribution in [0.2, 0.25) is 5.02 Å². The van der Waals surface area contributed by atoms with Crippen molar-refractivity contribution in [3.63, 3.8) is 0 Å². The largest absolute Gasteiger partial charge is 0.309 e. The Kier molecular flexibility index (Phi) is 6.96. The van der Waals surface area contributed by atoms with Gasteiger partial charge in [-0.1, -0.05) is 18.5 Å². The molecule has 3 aromatic rings. The van der Waals surface area contributed by atoms with E-state index in [1.165, 1.54) is 18.2 Å². The molecule has 0 saturated carbocycles. The number of aliphatic imine (C=N–C) groups is 1. The van der Waals surface area contributed by atoms with Crippen LogP contribution in [0.4, 0.5) is 19.0 Å². The quantitative estimate of drug-likeness (QED) is 0.372. The summed E-state index contributed by atoms with van der Waals surface area (Å²) in [6.07, 6.45) is 0.699. The Morgan fingerprint density at radius 1 is 1.16 bits per heavy atom. The number of guanidine groups is 1. The molecule has 162 valence electrons. The summed E-state index contributed by atoms with van der Waals surface area (Å²) in [6, 6.07) is 8.13. The van der Waals surface area contributed by atoms with Gasteiger partial charge < -0.3 is 5.32 Å². The van der Waals surface area contributed by atoms with Crippen LogP contribution in [0.3, 0.4) is 0 Å². The van der Waals surface area contributed by atoms with Crippen molar-refractivity contribution >= 4 is 29.3 Å².